The summed E-state index contributed by atoms with van der Waals surface area (Å²) in [5, 5.41) is 9.90. The second-order valence-corrected chi connectivity index (χ2v) is 10.7. The summed E-state index contributed by atoms with van der Waals surface area (Å²) in [6.45, 7) is 8.18. The van der Waals surface area contributed by atoms with E-state index in [1.54, 1.807) is 31.4 Å². The van der Waals surface area contributed by atoms with Gasteiger partial charge in [-0.3, -0.25) is 9.79 Å². The van der Waals surface area contributed by atoms with E-state index in [0.717, 1.165) is 30.4 Å². The number of fused-ring (bicyclic) bond motifs is 2. The largest absolute Gasteiger partial charge is 0.496 e. The standard InChI is InChI=1S/C33H33N3O6/c1-4-26(20-6-8-29(22(13-20)17-34)41-24-9-11-39-12-10-24)32-28(35-2)16-31(42-32)27-7-5-21(14-30(27)38-3)33(37)36-18-25-15-23(36)19-40-25/h4-8,13-14,16,23-25H,2,9-12,15,18-19H2,1,3H3/b26-4-. The van der Waals surface area contributed by atoms with Crippen molar-refractivity contribution in [1.82, 2.24) is 4.90 Å². The monoisotopic (exact) mass is 567 g/mol. The van der Waals surface area contributed by atoms with Crippen LogP contribution in [-0.4, -0.2) is 69.2 Å². The maximum Gasteiger partial charge on any atom is 0.254 e. The van der Waals surface area contributed by atoms with Crippen LogP contribution in [0.5, 0.6) is 11.5 Å². The Labute approximate surface area is 245 Å². The van der Waals surface area contributed by atoms with Gasteiger partial charge in [-0.2, -0.15) is 5.26 Å². The van der Waals surface area contributed by atoms with Crippen molar-refractivity contribution in [3.8, 4) is 28.9 Å². The van der Waals surface area contributed by atoms with Crippen LogP contribution in [0.15, 0.2) is 58.0 Å². The number of allylic oxidation sites excluding steroid dienone is 1. The quantitative estimate of drug-likeness (QED) is 0.318. The summed E-state index contributed by atoms with van der Waals surface area (Å²) in [6, 6.07) is 15.1. The van der Waals surface area contributed by atoms with Gasteiger partial charge in [0.15, 0.2) is 5.76 Å². The highest BCUT2D eigenvalue weighted by Gasteiger charge is 2.41. The van der Waals surface area contributed by atoms with Gasteiger partial charge in [-0.15, -0.1) is 0 Å². The summed E-state index contributed by atoms with van der Waals surface area (Å²) in [5.74, 6) is 2.08. The van der Waals surface area contributed by atoms with Gasteiger partial charge in [0.2, 0.25) is 0 Å². The van der Waals surface area contributed by atoms with E-state index < -0.39 is 0 Å². The lowest BCUT2D eigenvalue weighted by Gasteiger charge is -2.27. The van der Waals surface area contributed by atoms with Crippen molar-refractivity contribution in [2.45, 2.75) is 44.4 Å². The zero-order valence-electron chi connectivity index (χ0n) is 23.8. The Morgan fingerprint density at radius 1 is 1.14 bits per heavy atom. The summed E-state index contributed by atoms with van der Waals surface area (Å²) in [6.07, 6.45) is 4.55. The van der Waals surface area contributed by atoms with E-state index in [-0.39, 0.29) is 24.2 Å². The first-order chi connectivity index (χ1) is 20.5. The average Bonchev–Trinajstić information content (AvgIpc) is 3.78. The molecule has 3 saturated heterocycles. The molecule has 4 heterocycles. The third kappa shape index (κ3) is 5.20. The van der Waals surface area contributed by atoms with Crippen molar-refractivity contribution in [3.05, 3.63) is 71.0 Å². The van der Waals surface area contributed by atoms with Gasteiger partial charge in [0.05, 0.1) is 50.2 Å². The second-order valence-electron chi connectivity index (χ2n) is 10.7. The molecule has 3 aliphatic heterocycles. The van der Waals surface area contributed by atoms with E-state index >= 15 is 0 Å². The lowest BCUT2D eigenvalue weighted by molar-refractivity contribution is 0.0254. The molecule has 216 valence electrons. The molecule has 0 saturated carbocycles. The van der Waals surface area contributed by atoms with Crippen molar-refractivity contribution in [1.29, 1.82) is 5.26 Å². The number of hydrogen-bond donors (Lipinski definition) is 0. The molecule has 0 aliphatic carbocycles. The SMILES string of the molecule is C=Nc1cc(-c2ccc(C(=O)N3CC4CC3CO4)cc2OC)oc1/C(=C\C)c1ccc(OC2CCOCC2)c(C#N)c1. The van der Waals surface area contributed by atoms with Crippen LogP contribution < -0.4 is 9.47 Å². The number of methoxy groups -OCH3 is 1. The van der Waals surface area contributed by atoms with Crippen LogP contribution in [0.2, 0.25) is 0 Å². The fourth-order valence-corrected chi connectivity index (χ4v) is 5.96. The van der Waals surface area contributed by atoms with E-state index in [1.807, 2.05) is 36.1 Å². The Morgan fingerprint density at radius 2 is 1.95 bits per heavy atom. The van der Waals surface area contributed by atoms with E-state index in [4.69, 9.17) is 23.4 Å². The summed E-state index contributed by atoms with van der Waals surface area (Å²) in [5.41, 5.74) is 3.78. The highest BCUT2D eigenvalue weighted by atomic mass is 16.5. The fraction of sp³-hybridized carbons (Fsp3) is 0.364. The van der Waals surface area contributed by atoms with Crippen molar-refractivity contribution in [2.75, 3.05) is 33.5 Å². The Morgan fingerprint density at radius 3 is 2.62 bits per heavy atom. The predicted octanol–water partition coefficient (Wildman–Crippen LogP) is 5.78. The minimum atomic E-state index is -0.0297. The third-order valence-corrected chi connectivity index (χ3v) is 8.16. The highest BCUT2D eigenvalue weighted by Crippen LogP contribution is 2.42. The van der Waals surface area contributed by atoms with E-state index in [9.17, 15) is 10.1 Å². The maximum absolute atomic E-state index is 13.3. The zero-order chi connectivity index (χ0) is 29.2. The number of morpholine rings is 1. The lowest BCUT2D eigenvalue weighted by atomic mass is 9.99. The lowest BCUT2D eigenvalue weighted by Crippen LogP contribution is -2.41. The second kappa shape index (κ2) is 11.8. The molecule has 2 bridgehead atoms. The molecular weight excluding hydrogens is 534 g/mol. The first-order valence-electron chi connectivity index (χ1n) is 14.2. The Kier molecular flexibility index (Phi) is 7.83. The average molecular weight is 568 g/mol. The minimum Gasteiger partial charge on any atom is -0.496 e. The first kappa shape index (κ1) is 27.8. The number of carbonyl (C=O) groups is 1. The van der Waals surface area contributed by atoms with Crippen molar-refractivity contribution >= 4 is 23.9 Å². The van der Waals surface area contributed by atoms with E-state index in [2.05, 4.69) is 17.8 Å². The summed E-state index contributed by atoms with van der Waals surface area (Å²) < 4.78 is 29.3. The number of nitrogens with zero attached hydrogens (tertiary/aromatic N) is 3. The molecule has 2 atom stereocenters. The van der Waals surface area contributed by atoms with Gasteiger partial charge in [-0.05, 0) is 56.0 Å². The van der Waals surface area contributed by atoms with Gasteiger partial charge in [0.1, 0.15) is 35.1 Å². The summed E-state index contributed by atoms with van der Waals surface area (Å²) in [4.78, 5) is 19.4. The van der Waals surface area contributed by atoms with Gasteiger partial charge in [-0.25, -0.2) is 0 Å². The number of likely N-dealkylation sites (tertiary alicyclic amines) is 1. The molecule has 9 heteroatoms. The van der Waals surface area contributed by atoms with Crippen LogP contribution in [0.4, 0.5) is 5.69 Å². The van der Waals surface area contributed by atoms with Crippen LogP contribution >= 0.6 is 0 Å². The molecule has 9 nitrogen and oxygen atoms in total. The topological polar surface area (TPSA) is 107 Å². The van der Waals surface area contributed by atoms with E-state index in [0.29, 0.717) is 71.8 Å². The van der Waals surface area contributed by atoms with Crippen LogP contribution in [0.1, 0.15) is 53.4 Å². The zero-order valence-corrected chi connectivity index (χ0v) is 23.8. The maximum atomic E-state index is 13.3. The van der Waals surface area contributed by atoms with Crippen LogP contribution in [0.3, 0.4) is 0 Å². The van der Waals surface area contributed by atoms with E-state index in [1.165, 1.54) is 0 Å². The molecule has 3 aromatic rings. The summed E-state index contributed by atoms with van der Waals surface area (Å²) in [7, 11) is 1.57. The summed E-state index contributed by atoms with van der Waals surface area (Å²) >= 11 is 0. The highest BCUT2D eigenvalue weighted by molar-refractivity contribution is 5.96. The molecule has 1 aromatic heterocycles. The number of aliphatic imine (C=N–C) groups is 1. The number of amides is 1. The van der Waals surface area contributed by atoms with Crippen LogP contribution in [0, 0.1) is 11.3 Å². The van der Waals surface area contributed by atoms with Crippen molar-refractivity contribution in [3.63, 3.8) is 0 Å². The minimum absolute atomic E-state index is 0.0262. The molecule has 1 amide bonds. The third-order valence-electron chi connectivity index (χ3n) is 8.16. The Hall–Kier alpha value is -4.39. The number of ether oxygens (including phenoxy) is 4. The number of furan rings is 1. The van der Waals surface area contributed by atoms with Crippen molar-refractivity contribution < 1.29 is 28.2 Å². The van der Waals surface area contributed by atoms with Gasteiger partial charge < -0.3 is 28.3 Å². The Bertz CT molecular complexity index is 1580. The van der Waals surface area contributed by atoms with Gasteiger partial charge >= 0.3 is 0 Å². The number of hydrogen-bond acceptors (Lipinski definition) is 8. The predicted molar refractivity (Wildman–Crippen MR) is 157 cm³/mol. The number of carbonyl (C=O) groups excluding carboxylic acids is 1. The number of nitriles is 1. The fourth-order valence-electron chi connectivity index (χ4n) is 5.96. The number of rotatable bonds is 8. The molecule has 0 radical (unpaired) electrons. The van der Waals surface area contributed by atoms with Crippen LogP contribution in [-0.2, 0) is 9.47 Å². The number of benzene rings is 2. The molecule has 42 heavy (non-hydrogen) atoms. The van der Waals surface area contributed by atoms with Gasteiger partial charge in [0, 0.05) is 36.6 Å². The van der Waals surface area contributed by atoms with Crippen molar-refractivity contribution in [2.24, 2.45) is 4.99 Å². The Balaban J connectivity index is 1.29. The first-order valence-corrected chi connectivity index (χ1v) is 14.2. The molecule has 3 fully saturated rings. The molecule has 3 aliphatic rings. The molecule has 2 unspecified atom stereocenters. The normalized spacial score (nSPS) is 20.4. The molecule has 0 spiro atoms. The van der Waals surface area contributed by atoms with Gasteiger partial charge in [-0.1, -0.05) is 12.1 Å². The molecule has 6 rings (SSSR count). The molecule has 0 N–H and O–H groups in total. The smallest absolute Gasteiger partial charge is 0.254 e. The van der Waals surface area contributed by atoms with Gasteiger partial charge in [0.25, 0.3) is 5.91 Å². The molecular formula is C33H33N3O6. The molecule has 2 aromatic carbocycles. The van der Waals surface area contributed by atoms with Crippen LogP contribution in [0.25, 0.3) is 16.9 Å².